The average molecular weight is 271 g/mol. The van der Waals surface area contributed by atoms with Gasteiger partial charge in [-0.15, -0.1) is 0 Å². The molecule has 2 heterocycles. The minimum Gasteiger partial charge on any atom is -0.481 e. The zero-order chi connectivity index (χ0) is 13.7. The highest BCUT2D eigenvalue weighted by molar-refractivity contribution is 5.77. The van der Waals surface area contributed by atoms with Crippen LogP contribution in [-0.2, 0) is 9.53 Å². The van der Waals surface area contributed by atoms with Crippen LogP contribution >= 0.6 is 0 Å². The molecular weight excluding hydrogens is 250 g/mol. The molecule has 2 atom stereocenters. The van der Waals surface area contributed by atoms with Crippen LogP contribution in [0, 0.1) is 5.92 Å². The molecule has 2 fully saturated rings. The van der Waals surface area contributed by atoms with Crippen molar-refractivity contribution in [2.45, 2.75) is 18.9 Å². The summed E-state index contributed by atoms with van der Waals surface area (Å²) in [5.74, 6) is -1.58. The molecule has 0 radical (unpaired) electrons. The Morgan fingerprint density at radius 1 is 1.26 bits per heavy atom. The number of carbonyl (C=O) groups is 2. The fraction of sp³-hybridized carbons (Fsp3) is 0.833. The van der Waals surface area contributed by atoms with Crippen LogP contribution in [0.2, 0.25) is 0 Å². The van der Waals surface area contributed by atoms with Crippen LogP contribution in [0.3, 0.4) is 0 Å². The van der Waals surface area contributed by atoms with Crippen LogP contribution < -0.4 is 10.6 Å². The van der Waals surface area contributed by atoms with Gasteiger partial charge < -0.3 is 25.4 Å². The van der Waals surface area contributed by atoms with E-state index in [4.69, 9.17) is 9.84 Å². The summed E-state index contributed by atoms with van der Waals surface area (Å²) < 4.78 is 5.09. The summed E-state index contributed by atoms with van der Waals surface area (Å²) >= 11 is 0. The smallest absolute Gasteiger partial charge is 0.315 e. The van der Waals surface area contributed by atoms with Gasteiger partial charge >= 0.3 is 12.0 Å². The Hall–Kier alpha value is -1.34. The second kappa shape index (κ2) is 6.72. The SMILES string of the molecule is O=C(NCCN1CCCC1)NC1COCC1C(=O)O. The Labute approximate surface area is 112 Å². The normalized spacial score (nSPS) is 27.4. The van der Waals surface area contributed by atoms with Crippen molar-refractivity contribution >= 4 is 12.0 Å². The highest BCUT2D eigenvalue weighted by Gasteiger charge is 2.34. The number of carboxylic acid groups (broad SMARTS) is 1. The van der Waals surface area contributed by atoms with E-state index in [1.807, 2.05) is 0 Å². The van der Waals surface area contributed by atoms with Gasteiger partial charge in [0.25, 0.3) is 0 Å². The number of aliphatic carboxylic acids is 1. The Balaban J connectivity index is 1.64. The number of nitrogens with one attached hydrogen (secondary N) is 2. The monoisotopic (exact) mass is 271 g/mol. The number of urea groups is 1. The summed E-state index contributed by atoms with van der Waals surface area (Å²) in [5, 5.41) is 14.4. The van der Waals surface area contributed by atoms with Gasteiger partial charge in [0.05, 0.1) is 19.3 Å². The summed E-state index contributed by atoms with van der Waals surface area (Å²) in [7, 11) is 0. The molecule has 3 N–H and O–H groups in total. The van der Waals surface area contributed by atoms with Gasteiger partial charge in [0, 0.05) is 13.1 Å². The fourth-order valence-corrected chi connectivity index (χ4v) is 2.49. The average Bonchev–Trinajstić information content (AvgIpc) is 2.99. The first-order valence-electron chi connectivity index (χ1n) is 6.74. The summed E-state index contributed by atoms with van der Waals surface area (Å²) in [6.07, 6.45) is 2.46. The highest BCUT2D eigenvalue weighted by atomic mass is 16.5. The number of rotatable bonds is 5. The van der Waals surface area contributed by atoms with Gasteiger partial charge in [0.2, 0.25) is 0 Å². The number of ether oxygens (including phenoxy) is 1. The zero-order valence-electron chi connectivity index (χ0n) is 10.9. The molecule has 0 aromatic rings. The van der Waals surface area contributed by atoms with E-state index in [0.717, 1.165) is 19.6 Å². The highest BCUT2D eigenvalue weighted by Crippen LogP contribution is 2.13. The lowest BCUT2D eigenvalue weighted by molar-refractivity contribution is -0.142. The third kappa shape index (κ3) is 4.07. The predicted octanol–water partition coefficient (Wildman–Crippen LogP) is -0.519. The van der Waals surface area contributed by atoms with Crippen molar-refractivity contribution < 1.29 is 19.4 Å². The van der Waals surface area contributed by atoms with Crippen molar-refractivity contribution in [2.24, 2.45) is 5.92 Å². The minimum absolute atomic E-state index is 0.161. The lowest BCUT2D eigenvalue weighted by Crippen LogP contribution is -2.48. The van der Waals surface area contributed by atoms with E-state index in [0.29, 0.717) is 6.54 Å². The molecule has 2 amide bonds. The molecule has 19 heavy (non-hydrogen) atoms. The van der Waals surface area contributed by atoms with Crippen molar-refractivity contribution in [1.29, 1.82) is 0 Å². The largest absolute Gasteiger partial charge is 0.481 e. The van der Waals surface area contributed by atoms with E-state index in [-0.39, 0.29) is 19.2 Å². The van der Waals surface area contributed by atoms with Gasteiger partial charge in [-0.1, -0.05) is 0 Å². The molecule has 0 aromatic carbocycles. The summed E-state index contributed by atoms with van der Waals surface area (Å²) in [4.78, 5) is 24.9. The molecule has 0 saturated carbocycles. The first-order valence-corrected chi connectivity index (χ1v) is 6.74. The molecule has 108 valence electrons. The minimum atomic E-state index is -0.931. The number of nitrogens with zero attached hydrogens (tertiary/aromatic N) is 1. The molecular formula is C12H21N3O4. The van der Waals surface area contributed by atoms with Gasteiger partial charge in [-0.25, -0.2) is 4.79 Å². The van der Waals surface area contributed by atoms with Crippen LogP contribution in [0.4, 0.5) is 4.79 Å². The van der Waals surface area contributed by atoms with Crippen LogP contribution in [0.5, 0.6) is 0 Å². The molecule has 2 saturated heterocycles. The summed E-state index contributed by atoms with van der Waals surface area (Å²) in [5.41, 5.74) is 0. The number of hydrogen-bond acceptors (Lipinski definition) is 4. The van der Waals surface area contributed by atoms with Crippen LogP contribution in [0.25, 0.3) is 0 Å². The molecule has 2 aliphatic heterocycles. The Morgan fingerprint density at radius 3 is 2.68 bits per heavy atom. The maximum Gasteiger partial charge on any atom is 0.315 e. The molecule has 0 aromatic heterocycles. The number of carbonyl (C=O) groups excluding carboxylic acids is 1. The van der Waals surface area contributed by atoms with Gasteiger partial charge in [-0.2, -0.15) is 0 Å². The topological polar surface area (TPSA) is 90.9 Å². The Bertz CT molecular complexity index is 331. The lowest BCUT2D eigenvalue weighted by atomic mass is 10.0. The zero-order valence-corrected chi connectivity index (χ0v) is 10.9. The third-order valence-electron chi connectivity index (χ3n) is 3.63. The molecule has 2 rings (SSSR count). The van der Waals surface area contributed by atoms with Crippen molar-refractivity contribution in [3.05, 3.63) is 0 Å². The molecule has 0 bridgehead atoms. The van der Waals surface area contributed by atoms with Crippen LogP contribution in [0.1, 0.15) is 12.8 Å². The molecule has 0 spiro atoms. The van der Waals surface area contributed by atoms with Gasteiger partial charge in [0.1, 0.15) is 5.92 Å². The molecule has 2 unspecified atom stereocenters. The molecule has 7 nitrogen and oxygen atoms in total. The van der Waals surface area contributed by atoms with E-state index in [1.165, 1.54) is 12.8 Å². The first-order chi connectivity index (χ1) is 9.16. The van der Waals surface area contributed by atoms with E-state index in [1.54, 1.807) is 0 Å². The number of carboxylic acids is 1. The molecule has 2 aliphatic rings. The maximum atomic E-state index is 11.7. The number of amides is 2. The van der Waals surface area contributed by atoms with Crippen molar-refractivity contribution in [3.8, 4) is 0 Å². The second-order valence-electron chi connectivity index (χ2n) is 5.04. The Morgan fingerprint density at radius 2 is 2.00 bits per heavy atom. The molecule has 0 aliphatic carbocycles. The first kappa shape index (κ1) is 14.1. The standard InChI is InChI=1S/C12H21N3O4/c16-11(17)9-7-19-8-10(9)14-12(18)13-3-6-15-4-1-2-5-15/h9-10H,1-8H2,(H,16,17)(H2,13,14,18). The van der Waals surface area contributed by atoms with E-state index < -0.39 is 17.9 Å². The van der Waals surface area contributed by atoms with Crippen molar-refractivity contribution in [1.82, 2.24) is 15.5 Å². The Kier molecular flexibility index (Phi) is 4.98. The van der Waals surface area contributed by atoms with Crippen LogP contribution in [0.15, 0.2) is 0 Å². The van der Waals surface area contributed by atoms with E-state index in [9.17, 15) is 9.59 Å². The predicted molar refractivity (Wildman–Crippen MR) is 67.9 cm³/mol. The van der Waals surface area contributed by atoms with E-state index in [2.05, 4.69) is 15.5 Å². The van der Waals surface area contributed by atoms with Gasteiger partial charge in [0.15, 0.2) is 0 Å². The summed E-state index contributed by atoms with van der Waals surface area (Å²) in [6.45, 7) is 4.04. The van der Waals surface area contributed by atoms with Crippen LogP contribution in [-0.4, -0.2) is 67.4 Å². The van der Waals surface area contributed by atoms with Gasteiger partial charge in [-0.05, 0) is 25.9 Å². The molecule has 7 heteroatoms. The quantitative estimate of drug-likeness (QED) is 0.626. The summed E-state index contributed by atoms with van der Waals surface area (Å²) in [6, 6.07) is -0.759. The second-order valence-corrected chi connectivity index (χ2v) is 5.04. The lowest BCUT2D eigenvalue weighted by Gasteiger charge is -2.18. The van der Waals surface area contributed by atoms with E-state index >= 15 is 0 Å². The van der Waals surface area contributed by atoms with Gasteiger partial charge in [-0.3, -0.25) is 4.79 Å². The fourth-order valence-electron chi connectivity index (χ4n) is 2.49. The van der Waals surface area contributed by atoms with Crippen molar-refractivity contribution in [2.75, 3.05) is 39.4 Å². The number of likely N-dealkylation sites (tertiary alicyclic amines) is 1. The maximum absolute atomic E-state index is 11.7. The van der Waals surface area contributed by atoms with Crippen molar-refractivity contribution in [3.63, 3.8) is 0 Å². The number of hydrogen-bond donors (Lipinski definition) is 3. The third-order valence-corrected chi connectivity index (χ3v) is 3.63.